The number of amides is 1. The van der Waals surface area contributed by atoms with E-state index in [-0.39, 0.29) is 5.56 Å². The highest BCUT2D eigenvalue weighted by Crippen LogP contribution is 2.10. The van der Waals surface area contributed by atoms with E-state index in [9.17, 15) is 14.0 Å². The molecule has 0 saturated heterocycles. The van der Waals surface area contributed by atoms with Crippen LogP contribution in [0.5, 0.6) is 0 Å². The van der Waals surface area contributed by atoms with Gasteiger partial charge in [0.15, 0.2) is 6.04 Å². The molecule has 0 radical (unpaired) electrons. The number of aryl methyl sites for hydroxylation is 1. The molecule has 0 spiro atoms. The van der Waals surface area contributed by atoms with Gasteiger partial charge in [0.1, 0.15) is 5.82 Å². The third-order valence-corrected chi connectivity index (χ3v) is 2.42. The van der Waals surface area contributed by atoms with Gasteiger partial charge in [0, 0.05) is 5.56 Å². The summed E-state index contributed by atoms with van der Waals surface area (Å²) in [5.74, 6) is -1.96. The first-order valence-corrected chi connectivity index (χ1v) is 5.25. The van der Waals surface area contributed by atoms with Crippen LogP contribution < -0.4 is 5.32 Å². The molecule has 0 aliphatic rings. The number of benzene rings is 1. The highest BCUT2D eigenvalue weighted by Gasteiger charge is 2.22. The van der Waals surface area contributed by atoms with Crippen molar-refractivity contribution in [3.63, 3.8) is 0 Å². The second-order valence-corrected chi connectivity index (χ2v) is 3.69. The standard InChI is InChI=1S/C12H14FNO4/c1-7-3-4-8(13)5-9(7)11(16)14-10(6-15)12(17)18-2/h3-5,10,15H,6H2,1-2H3,(H,14,16). The maximum absolute atomic E-state index is 13.0. The van der Waals surface area contributed by atoms with Crippen molar-refractivity contribution in [2.75, 3.05) is 13.7 Å². The van der Waals surface area contributed by atoms with Crippen LogP contribution >= 0.6 is 0 Å². The molecule has 0 aromatic heterocycles. The molecule has 0 bridgehead atoms. The smallest absolute Gasteiger partial charge is 0.330 e. The van der Waals surface area contributed by atoms with E-state index in [4.69, 9.17) is 5.11 Å². The van der Waals surface area contributed by atoms with Crippen LogP contribution in [0.3, 0.4) is 0 Å². The lowest BCUT2D eigenvalue weighted by Gasteiger charge is -2.14. The summed E-state index contributed by atoms with van der Waals surface area (Å²) in [6, 6.07) is 2.59. The zero-order chi connectivity index (χ0) is 13.7. The van der Waals surface area contributed by atoms with E-state index >= 15 is 0 Å². The summed E-state index contributed by atoms with van der Waals surface area (Å²) in [5, 5.41) is 11.2. The van der Waals surface area contributed by atoms with Crippen molar-refractivity contribution in [2.24, 2.45) is 0 Å². The molecule has 0 aliphatic heterocycles. The van der Waals surface area contributed by atoms with Crippen LogP contribution in [0, 0.1) is 12.7 Å². The van der Waals surface area contributed by atoms with Crippen LogP contribution in [0.4, 0.5) is 4.39 Å². The molecular formula is C12H14FNO4. The van der Waals surface area contributed by atoms with Gasteiger partial charge in [-0.05, 0) is 24.6 Å². The summed E-state index contributed by atoms with van der Waals surface area (Å²) in [7, 11) is 1.14. The van der Waals surface area contributed by atoms with Gasteiger partial charge in [0.25, 0.3) is 5.91 Å². The molecule has 2 N–H and O–H groups in total. The fourth-order valence-electron chi connectivity index (χ4n) is 1.40. The normalized spacial score (nSPS) is 11.8. The fraction of sp³-hybridized carbons (Fsp3) is 0.333. The van der Waals surface area contributed by atoms with Crippen molar-refractivity contribution in [1.29, 1.82) is 0 Å². The van der Waals surface area contributed by atoms with Crippen LogP contribution in [0.2, 0.25) is 0 Å². The first-order chi connectivity index (χ1) is 8.49. The molecule has 98 valence electrons. The van der Waals surface area contributed by atoms with Gasteiger partial charge in [-0.15, -0.1) is 0 Å². The van der Waals surface area contributed by atoms with E-state index in [0.29, 0.717) is 5.56 Å². The molecule has 18 heavy (non-hydrogen) atoms. The van der Waals surface area contributed by atoms with Crippen molar-refractivity contribution in [2.45, 2.75) is 13.0 Å². The molecule has 1 atom stereocenters. The maximum Gasteiger partial charge on any atom is 0.330 e. The van der Waals surface area contributed by atoms with E-state index < -0.39 is 30.3 Å². The number of esters is 1. The molecule has 1 aromatic rings. The fourth-order valence-corrected chi connectivity index (χ4v) is 1.40. The highest BCUT2D eigenvalue weighted by atomic mass is 19.1. The Kier molecular flexibility index (Phi) is 4.79. The highest BCUT2D eigenvalue weighted by molar-refractivity contribution is 5.98. The number of aliphatic hydroxyl groups excluding tert-OH is 1. The number of ether oxygens (including phenoxy) is 1. The topological polar surface area (TPSA) is 75.6 Å². The summed E-state index contributed by atoms with van der Waals surface area (Å²) in [4.78, 5) is 23.0. The van der Waals surface area contributed by atoms with Gasteiger partial charge in [-0.3, -0.25) is 4.79 Å². The van der Waals surface area contributed by atoms with Crippen molar-refractivity contribution >= 4 is 11.9 Å². The van der Waals surface area contributed by atoms with Gasteiger partial charge >= 0.3 is 5.97 Å². The van der Waals surface area contributed by atoms with Gasteiger partial charge < -0.3 is 15.2 Å². The first-order valence-electron chi connectivity index (χ1n) is 5.25. The molecular weight excluding hydrogens is 241 g/mol. The summed E-state index contributed by atoms with van der Waals surface area (Å²) >= 11 is 0. The van der Waals surface area contributed by atoms with Gasteiger partial charge in [-0.25, -0.2) is 9.18 Å². The first kappa shape index (κ1) is 14.1. The molecule has 0 aliphatic carbocycles. The Morgan fingerprint density at radius 2 is 2.17 bits per heavy atom. The maximum atomic E-state index is 13.0. The van der Waals surface area contributed by atoms with Crippen molar-refractivity contribution in [3.05, 3.63) is 35.1 Å². The van der Waals surface area contributed by atoms with E-state index in [2.05, 4.69) is 10.1 Å². The second kappa shape index (κ2) is 6.11. The predicted molar refractivity (Wildman–Crippen MR) is 61.5 cm³/mol. The Bertz CT molecular complexity index is 461. The summed E-state index contributed by atoms with van der Waals surface area (Å²) in [6.45, 7) is 1.05. The molecule has 0 heterocycles. The average Bonchev–Trinajstić information content (AvgIpc) is 2.37. The number of hydrogen-bond donors (Lipinski definition) is 2. The lowest BCUT2D eigenvalue weighted by Crippen LogP contribution is -2.44. The number of nitrogens with one attached hydrogen (secondary N) is 1. The Balaban J connectivity index is 2.87. The Hall–Kier alpha value is -1.95. The third kappa shape index (κ3) is 3.27. The molecule has 1 unspecified atom stereocenters. The van der Waals surface area contributed by atoms with Gasteiger partial charge in [-0.2, -0.15) is 0 Å². The predicted octanol–water partition coefficient (Wildman–Crippen LogP) is 0.398. The summed E-state index contributed by atoms with van der Waals surface area (Å²) in [5.41, 5.74) is 0.674. The minimum atomic E-state index is -1.16. The van der Waals surface area contributed by atoms with Crippen LogP contribution in [0.25, 0.3) is 0 Å². The largest absolute Gasteiger partial charge is 0.467 e. The number of carbonyl (C=O) groups is 2. The van der Waals surface area contributed by atoms with Crippen LogP contribution in [0.1, 0.15) is 15.9 Å². The Morgan fingerprint density at radius 3 is 2.72 bits per heavy atom. The lowest BCUT2D eigenvalue weighted by atomic mass is 10.1. The van der Waals surface area contributed by atoms with E-state index in [1.807, 2.05) is 0 Å². The van der Waals surface area contributed by atoms with Crippen molar-refractivity contribution in [1.82, 2.24) is 5.32 Å². The van der Waals surface area contributed by atoms with Crippen LogP contribution in [0.15, 0.2) is 18.2 Å². The lowest BCUT2D eigenvalue weighted by molar-refractivity contribution is -0.143. The van der Waals surface area contributed by atoms with E-state index in [1.54, 1.807) is 6.92 Å². The Morgan fingerprint density at radius 1 is 1.50 bits per heavy atom. The quantitative estimate of drug-likeness (QED) is 0.763. The minimum Gasteiger partial charge on any atom is -0.467 e. The van der Waals surface area contributed by atoms with E-state index in [0.717, 1.165) is 13.2 Å². The summed E-state index contributed by atoms with van der Waals surface area (Å²) in [6.07, 6.45) is 0. The number of aliphatic hydroxyl groups is 1. The molecule has 0 saturated carbocycles. The van der Waals surface area contributed by atoms with Gasteiger partial charge in [0.05, 0.1) is 13.7 Å². The molecule has 1 aromatic carbocycles. The van der Waals surface area contributed by atoms with Crippen LogP contribution in [-0.2, 0) is 9.53 Å². The Labute approximate surface area is 104 Å². The zero-order valence-corrected chi connectivity index (χ0v) is 10.1. The summed E-state index contributed by atoms with van der Waals surface area (Å²) < 4.78 is 17.4. The minimum absolute atomic E-state index is 0.109. The molecule has 1 rings (SSSR count). The zero-order valence-electron chi connectivity index (χ0n) is 10.1. The van der Waals surface area contributed by atoms with Gasteiger partial charge in [0.2, 0.25) is 0 Å². The monoisotopic (exact) mass is 255 g/mol. The number of rotatable bonds is 4. The third-order valence-electron chi connectivity index (χ3n) is 2.42. The molecule has 6 heteroatoms. The second-order valence-electron chi connectivity index (χ2n) is 3.69. The number of hydrogen-bond acceptors (Lipinski definition) is 4. The van der Waals surface area contributed by atoms with Crippen molar-refractivity contribution < 1.29 is 23.8 Å². The van der Waals surface area contributed by atoms with E-state index in [1.165, 1.54) is 12.1 Å². The van der Waals surface area contributed by atoms with Gasteiger partial charge in [-0.1, -0.05) is 6.07 Å². The average molecular weight is 255 g/mol. The molecule has 0 fully saturated rings. The number of methoxy groups -OCH3 is 1. The number of carbonyl (C=O) groups excluding carboxylic acids is 2. The number of halogens is 1. The van der Waals surface area contributed by atoms with Crippen molar-refractivity contribution in [3.8, 4) is 0 Å². The molecule has 5 nitrogen and oxygen atoms in total. The molecule has 1 amide bonds. The van der Waals surface area contributed by atoms with Crippen LogP contribution in [-0.4, -0.2) is 36.7 Å². The SMILES string of the molecule is COC(=O)C(CO)NC(=O)c1cc(F)ccc1C.